The van der Waals surface area contributed by atoms with Crippen LogP contribution in [0.15, 0.2) is 96.0 Å². The molecule has 0 unspecified atom stereocenters. The van der Waals surface area contributed by atoms with E-state index in [0.717, 1.165) is 0 Å². The fourth-order valence-corrected chi connectivity index (χ4v) is 6.48. The second kappa shape index (κ2) is 18.1. The van der Waals surface area contributed by atoms with E-state index in [1.54, 1.807) is 71.6 Å². The summed E-state index contributed by atoms with van der Waals surface area (Å²) in [5.74, 6) is 0.0730. The summed E-state index contributed by atoms with van der Waals surface area (Å²) < 4.78 is 70.5. The molecule has 1 saturated heterocycles. The van der Waals surface area contributed by atoms with Crippen molar-refractivity contribution < 1.29 is 51.2 Å². The zero-order valence-corrected chi connectivity index (χ0v) is 31.4. The molecule has 0 spiro atoms. The monoisotopic (exact) mass is 786 g/mol. The Morgan fingerprint density at radius 2 is 1.50 bits per heavy atom. The van der Waals surface area contributed by atoms with Gasteiger partial charge in [-0.3, -0.25) is 14.8 Å². The van der Waals surface area contributed by atoms with Gasteiger partial charge in [0.2, 0.25) is 5.75 Å². The lowest BCUT2D eigenvalue weighted by molar-refractivity contribution is 0.0300. The second-order valence-corrected chi connectivity index (χ2v) is 13.4. The number of morpholine rings is 1. The van der Waals surface area contributed by atoms with Crippen LogP contribution in [0.3, 0.4) is 0 Å². The van der Waals surface area contributed by atoms with Gasteiger partial charge in [0.1, 0.15) is 30.5 Å². The van der Waals surface area contributed by atoms with Crippen LogP contribution in [0.2, 0.25) is 0 Å². The smallest absolute Gasteiger partial charge is 0.412 e. The molecule has 5 aromatic rings. The van der Waals surface area contributed by atoms with Crippen molar-refractivity contribution in [2.75, 3.05) is 70.9 Å². The molecule has 17 nitrogen and oxygen atoms in total. The molecule has 2 N–H and O–H groups in total. The summed E-state index contributed by atoms with van der Waals surface area (Å²) in [7, 11) is -0.232. The number of aromatic nitrogens is 3. The van der Waals surface area contributed by atoms with Crippen LogP contribution in [0.1, 0.15) is 10.4 Å². The fraction of sp³-hybridized carbons (Fsp3) is 0.237. The lowest BCUT2D eigenvalue weighted by atomic mass is 10.1. The minimum Gasteiger partial charge on any atom is -0.496 e. The van der Waals surface area contributed by atoms with Crippen LogP contribution in [-0.4, -0.2) is 101 Å². The van der Waals surface area contributed by atoms with Gasteiger partial charge in [0.15, 0.2) is 23.1 Å². The first-order chi connectivity index (χ1) is 27.2. The van der Waals surface area contributed by atoms with E-state index in [4.69, 9.17) is 33.2 Å². The van der Waals surface area contributed by atoms with Gasteiger partial charge >= 0.3 is 6.09 Å². The highest BCUT2D eigenvalue weighted by atomic mass is 32.2. The molecule has 2 amide bonds. The molecular weight excluding hydrogens is 749 g/mol. The average Bonchev–Trinajstić information content (AvgIpc) is 3.23. The van der Waals surface area contributed by atoms with Gasteiger partial charge in [-0.05, 0) is 54.6 Å². The average molecular weight is 787 g/mol. The summed E-state index contributed by atoms with van der Waals surface area (Å²) >= 11 is 0. The van der Waals surface area contributed by atoms with E-state index < -0.39 is 22.0 Å². The SMILES string of the molecule is COc1ccccc1Oc1c(NS(=O)(=O)c2ccc(OC)c(C(=O)N3CCOCC3)c2)nc(-c2ccccc2OC)nc1OCCOC(=O)Nc1ccccn1. The van der Waals surface area contributed by atoms with Crippen LogP contribution in [0.5, 0.6) is 34.6 Å². The van der Waals surface area contributed by atoms with Crippen molar-refractivity contribution in [2.24, 2.45) is 0 Å². The Balaban J connectivity index is 1.40. The largest absolute Gasteiger partial charge is 0.496 e. The van der Waals surface area contributed by atoms with Gasteiger partial charge in [0, 0.05) is 19.3 Å². The number of anilines is 2. The summed E-state index contributed by atoms with van der Waals surface area (Å²) in [5, 5.41) is 2.51. The van der Waals surface area contributed by atoms with Gasteiger partial charge in [0.05, 0.1) is 50.6 Å². The molecule has 0 aliphatic carbocycles. The Bertz CT molecular complexity index is 2270. The molecule has 1 aliphatic heterocycles. The third-order valence-electron chi connectivity index (χ3n) is 8.15. The van der Waals surface area contributed by atoms with Gasteiger partial charge in [-0.1, -0.05) is 30.3 Å². The quantitative estimate of drug-likeness (QED) is 0.130. The highest BCUT2D eigenvalue weighted by molar-refractivity contribution is 7.92. The lowest BCUT2D eigenvalue weighted by Crippen LogP contribution is -2.40. The molecule has 0 radical (unpaired) electrons. The van der Waals surface area contributed by atoms with Crippen molar-refractivity contribution in [3.05, 3.63) is 96.7 Å². The van der Waals surface area contributed by atoms with Crippen LogP contribution >= 0.6 is 0 Å². The predicted molar refractivity (Wildman–Crippen MR) is 202 cm³/mol. The number of hydrogen-bond donors (Lipinski definition) is 2. The maximum atomic E-state index is 14.3. The first-order valence-corrected chi connectivity index (χ1v) is 18.6. The van der Waals surface area contributed by atoms with Crippen molar-refractivity contribution in [2.45, 2.75) is 4.90 Å². The molecule has 2 aromatic heterocycles. The molecule has 0 saturated carbocycles. The summed E-state index contributed by atoms with van der Waals surface area (Å²) in [6.07, 6.45) is 0.732. The number of nitrogens with one attached hydrogen (secondary N) is 2. The van der Waals surface area contributed by atoms with E-state index in [2.05, 4.69) is 25.0 Å². The molecule has 56 heavy (non-hydrogen) atoms. The molecule has 3 heterocycles. The fourth-order valence-electron chi connectivity index (χ4n) is 5.45. The third-order valence-corrected chi connectivity index (χ3v) is 9.49. The van der Waals surface area contributed by atoms with Gasteiger partial charge in [-0.15, -0.1) is 0 Å². The van der Waals surface area contributed by atoms with Crippen LogP contribution in [-0.2, 0) is 19.5 Å². The molecule has 6 rings (SSSR count). The van der Waals surface area contributed by atoms with E-state index in [1.807, 2.05) is 0 Å². The molecule has 18 heteroatoms. The lowest BCUT2D eigenvalue weighted by Gasteiger charge is -2.27. The van der Waals surface area contributed by atoms with E-state index in [0.29, 0.717) is 43.4 Å². The van der Waals surface area contributed by atoms with E-state index >= 15 is 0 Å². The van der Waals surface area contributed by atoms with Gasteiger partial charge in [-0.2, -0.15) is 4.98 Å². The Hall–Kier alpha value is -6.66. The van der Waals surface area contributed by atoms with Crippen molar-refractivity contribution >= 4 is 33.7 Å². The summed E-state index contributed by atoms with van der Waals surface area (Å²) in [4.78, 5) is 40.5. The first kappa shape index (κ1) is 39.0. The number of nitrogens with zero attached hydrogens (tertiary/aromatic N) is 4. The Labute approximate surface area is 322 Å². The van der Waals surface area contributed by atoms with Crippen LogP contribution in [0, 0.1) is 0 Å². The second-order valence-electron chi connectivity index (χ2n) is 11.7. The number of hydrogen-bond acceptors (Lipinski definition) is 14. The molecule has 1 aliphatic rings. The topological polar surface area (TPSA) is 199 Å². The molecule has 292 valence electrons. The van der Waals surface area contributed by atoms with Gasteiger partial charge < -0.3 is 38.1 Å². The number of ether oxygens (including phenoxy) is 7. The van der Waals surface area contributed by atoms with Crippen molar-refractivity contribution in [1.29, 1.82) is 0 Å². The third kappa shape index (κ3) is 9.34. The summed E-state index contributed by atoms with van der Waals surface area (Å²) in [5.41, 5.74) is 0.425. The highest BCUT2D eigenvalue weighted by Gasteiger charge is 2.29. The zero-order valence-electron chi connectivity index (χ0n) is 30.6. The highest BCUT2D eigenvalue weighted by Crippen LogP contribution is 2.43. The number of pyridine rings is 1. The number of amides is 2. The maximum absolute atomic E-state index is 14.3. The Morgan fingerprint density at radius 3 is 2.21 bits per heavy atom. The molecule has 0 atom stereocenters. The zero-order chi connectivity index (χ0) is 39.5. The molecule has 0 bridgehead atoms. The van der Waals surface area contributed by atoms with Crippen LogP contribution in [0.25, 0.3) is 11.4 Å². The van der Waals surface area contributed by atoms with Gasteiger partial charge in [-0.25, -0.2) is 23.2 Å². The maximum Gasteiger partial charge on any atom is 0.412 e. The Kier molecular flexibility index (Phi) is 12.6. The molecule has 1 fully saturated rings. The number of sulfonamides is 1. The van der Waals surface area contributed by atoms with Crippen molar-refractivity contribution in [3.8, 4) is 46.0 Å². The number of benzene rings is 3. The number of para-hydroxylation sites is 3. The normalized spacial score (nSPS) is 12.6. The van der Waals surface area contributed by atoms with Crippen molar-refractivity contribution in [3.63, 3.8) is 0 Å². The Morgan fingerprint density at radius 1 is 0.804 bits per heavy atom. The van der Waals surface area contributed by atoms with Crippen LogP contribution in [0.4, 0.5) is 16.4 Å². The number of methoxy groups -OCH3 is 3. The van der Waals surface area contributed by atoms with E-state index in [-0.39, 0.29) is 64.3 Å². The van der Waals surface area contributed by atoms with Gasteiger partial charge in [0.25, 0.3) is 21.8 Å². The number of carbonyl (C=O) groups is 2. The molecule has 3 aromatic carbocycles. The number of rotatable bonds is 15. The summed E-state index contributed by atoms with van der Waals surface area (Å²) in [6, 6.07) is 22.4. The minimum absolute atomic E-state index is 0.00532. The standard InChI is InChI=1S/C38H38N6O11S/c1-49-28-11-5-4-10-26(28)34-41-35(43-56(47,48)25-15-16-29(50-2)27(24-25)37(45)44-18-20-52-21-19-44)33(55-31-13-7-6-12-30(31)51-3)36(42-34)53-22-23-54-38(46)40-32-14-8-9-17-39-32/h4-17,24H,18-23H2,1-3H3,(H,39,40,46)(H,41,42,43). The summed E-state index contributed by atoms with van der Waals surface area (Å²) in [6.45, 7) is 0.845. The predicted octanol–water partition coefficient (Wildman–Crippen LogP) is 5.26. The van der Waals surface area contributed by atoms with E-state index in [1.165, 1.54) is 45.7 Å². The van der Waals surface area contributed by atoms with E-state index in [9.17, 15) is 18.0 Å². The molecular formula is C38H38N6O11S. The van der Waals surface area contributed by atoms with Crippen LogP contribution < -0.4 is 33.7 Å². The van der Waals surface area contributed by atoms with Crippen molar-refractivity contribution in [1.82, 2.24) is 19.9 Å². The first-order valence-electron chi connectivity index (χ1n) is 17.1. The number of carbonyl (C=O) groups excluding carboxylic acids is 2. The minimum atomic E-state index is -4.53.